The van der Waals surface area contributed by atoms with Crippen molar-refractivity contribution < 1.29 is 9.59 Å². The van der Waals surface area contributed by atoms with Gasteiger partial charge in [0.25, 0.3) is 5.91 Å². The number of hydrogen-bond donors (Lipinski definition) is 3. The number of nitrogens with one attached hydrogen (secondary N) is 3. The van der Waals surface area contributed by atoms with E-state index in [2.05, 4.69) is 40.2 Å². The lowest BCUT2D eigenvalue weighted by molar-refractivity contribution is -0.131. The second-order valence-electron chi connectivity index (χ2n) is 10.3. The Labute approximate surface area is 241 Å². The Hall–Kier alpha value is -3.60. The first-order valence-corrected chi connectivity index (χ1v) is 15.1. The number of para-hydroxylation sites is 1. The fourth-order valence-electron chi connectivity index (χ4n) is 5.95. The SMILES string of the molecule is CC.CCNC(=O)[C@@H]1C2CCC(CC2)[C@@H]1NC(=O)c1ccccc1.c1ccc2c(c1)CCCN2.c1ccccc1. The van der Waals surface area contributed by atoms with Gasteiger partial charge in [0, 0.05) is 30.4 Å². The fourth-order valence-corrected chi connectivity index (χ4v) is 5.95. The molecule has 5 nitrogen and oxygen atoms in total. The largest absolute Gasteiger partial charge is 0.385 e. The van der Waals surface area contributed by atoms with Crippen molar-refractivity contribution in [3.8, 4) is 0 Å². The highest BCUT2D eigenvalue weighted by Gasteiger charge is 2.47. The molecule has 1 aliphatic heterocycles. The van der Waals surface area contributed by atoms with Crippen LogP contribution >= 0.6 is 0 Å². The van der Waals surface area contributed by atoms with Crippen LogP contribution < -0.4 is 16.0 Å². The maximum atomic E-state index is 12.5. The van der Waals surface area contributed by atoms with E-state index in [0.717, 1.165) is 32.2 Å². The smallest absolute Gasteiger partial charge is 0.251 e. The minimum atomic E-state index is -0.0693. The highest BCUT2D eigenvalue weighted by Crippen LogP contribution is 2.45. The molecule has 3 N–H and O–H groups in total. The molecule has 4 aliphatic rings. The van der Waals surface area contributed by atoms with Crippen LogP contribution in [0.1, 0.15) is 68.8 Å². The van der Waals surface area contributed by atoms with E-state index in [1.807, 2.05) is 87.5 Å². The van der Waals surface area contributed by atoms with Gasteiger partial charge >= 0.3 is 0 Å². The first kappa shape index (κ1) is 30.9. The predicted octanol–water partition coefficient (Wildman–Crippen LogP) is 7.11. The van der Waals surface area contributed by atoms with Crippen molar-refractivity contribution in [1.29, 1.82) is 0 Å². The quantitative estimate of drug-likeness (QED) is 0.329. The zero-order chi connectivity index (χ0) is 28.6. The van der Waals surface area contributed by atoms with Gasteiger partial charge in [0.1, 0.15) is 0 Å². The minimum Gasteiger partial charge on any atom is -0.385 e. The molecule has 214 valence electrons. The number of aryl methyl sites for hydroxylation is 1. The van der Waals surface area contributed by atoms with Crippen LogP contribution in [0, 0.1) is 17.8 Å². The zero-order valence-electron chi connectivity index (χ0n) is 24.4. The van der Waals surface area contributed by atoms with Gasteiger partial charge in [0.2, 0.25) is 5.91 Å². The van der Waals surface area contributed by atoms with E-state index < -0.39 is 0 Å². The molecule has 3 aromatic rings. The molecule has 3 aromatic carbocycles. The second kappa shape index (κ2) is 17.2. The molecule has 7 rings (SSSR count). The van der Waals surface area contributed by atoms with Gasteiger partial charge < -0.3 is 16.0 Å². The Kier molecular flexibility index (Phi) is 13.3. The molecule has 1 heterocycles. The van der Waals surface area contributed by atoms with Crippen LogP contribution in [0.5, 0.6) is 0 Å². The first-order valence-electron chi connectivity index (χ1n) is 15.1. The minimum absolute atomic E-state index is 0.0215. The lowest BCUT2D eigenvalue weighted by Crippen LogP contribution is -2.58. The Bertz CT molecular complexity index is 1080. The van der Waals surface area contributed by atoms with Crippen molar-refractivity contribution in [3.63, 3.8) is 0 Å². The Morgan fingerprint density at radius 1 is 0.775 bits per heavy atom. The van der Waals surface area contributed by atoms with E-state index in [1.165, 1.54) is 24.1 Å². The summed E-state index contributed by atoms with van der Waals surface area (Å²) in [6, 6.07) is 29.8. The van der Waals surface area contributed by atoms with Crippen LogP contribution in [0.3, 0.4) is 0 Å². The number of fused-ring (bicyclic) bond motifs is 4. The molecular weight excluding hydrogens is 494 g/mol. The maximum absolute atomic E-state index is 12.5. The molecule has 2 bridgehead atoms. The van der Waals surface area contributed by atoms with Crippen LogP contribution in [-0.2, 0) is 11.2 Å². The molecule has 3 fully saturated rings. The van der Waals surface area contributed by atoms with Crippen molar-refractivity contribution in [2.75, 3.05) is 18.4 Å². The van der Waals surface area contributed by atoms with Crippen molar-refractivity contribution in [2.24, 2.45) is 17.8 Å². The van der Waals surface area contributed by atoms with E-state index in [1.54, 1.807) is 0 Å². The average Bonchev–Trinajstić information content (AvgIpc) is 3.04. The molecule has 3 saturated carbocycles. The molecule has 0 aromatic heterocycles. The number of hydrogen-bond acceptors (Lipinski definition) is 3. The molecule has 3 aliphatic carbocycles. The van der Waals surface area contributed by atoms with Gasteiger partial charge in [-0.1, -0.05) is 86.6 Å². The molecular formula is C35H47N3O2. The van der Waals surface area contributed by atoms with Gasteiger partial charge in [0.15, 0.2) is 0 Å². The predicted molar refractivity (Wildman–Crippen MR) is 166 cm³/mol. The number of carbonyl (C=O) groups is 2. The lowest BCUT2D eigenvalue weighted by Gasteiger charge is -2.47. The third-order valence-electron chi connectivity index (χ3n) is 7.83. The van der Waals surface area contributed by atoms with Crippen LogP contribution in [0.15, 0.2) is 91.0 Å². The number of rotatable bonds is 4. The highest BCUT2D eigenvalue weighted by atomic mass is 16.2. The topological polar surface area (TPSA) is 70.2 Å². The van der Waals surface area contributed by atoms with E-state index in [4.69, 9.17) is 0 Å². The van der Waals surface area contributed by atoms with Crippen LogP contribution in [0.25, 0.3) is 0 Å². The molecule has 40 heavy (non-hydrogen) atoms. The summed E-state index contributed by atoms with van der Waals surface area (Å²) >= 11 is 0. The first-order chi connectivity index (χ1) is 19.7. The summed E-state index contributed by atoms with van der Waals surface area (Å²) in [6.45, 7) is 7.72. The third-order valence-corrected chi connectivity index (χ3v) is 7.83. The monoisotopic (exact) mass is 541 g/mol. The zero-order valence-corrected chi connectivity index (χ0v) is 24.4. The molecule has 0 unspecified atom stereocenters. The fraction of sp³-hybridized carbons (Fsp3) is 0.429. The number of anilines is 1. The number of benzene rings is 3. The van der Waals surface area contributed by atoms with Crippen molar-refractivity contribution >= 4 is 17.5 Å². The number of carbonyl (C=O) groups excluding carboxylic acids is 2. The summed E-state index contributed by atoms with van der Waals surface area (Å²) in [6.07, 6.45) is 7.00. The molecule has 0 saturated heterocycles. The third kappa shape index (κ3) is 8.97. The highest BCUT2D eigenvalue weighted by molar-refractivity contribution is 5.95. The van der Waals surface area contributed by atoms with E-state index in [9.17, 15) is 9.59 Å². The van der Waals surface area contributed by atoms with Crippen molar-refractivity contribution in [3.05, 3.63) is 102 Å². The summed E-state index contributed by atoms with van der Waals surface area (Å²) in [5.41, 5.74) is 3.46. The summed E-state index contributed by atoms with van der Waals surface area (Å²) in [5.74, 6) is 0.825. The van der Waals surface area contributed by atoms with Crippen LogP contribution in [0.4, 0.5) is 5.69 Å². The normalized spacial score (nSPS) is 21.7. The number of amides is 2. The van der Waals surface area contributed by atoms with Gasteiger partial charge in [0.05, 0.1) is 5.92 Å². The second-order valence-corrected chi connectivity index (χ2v) is 10.3. The molecule has 0 radical (unpaired) electrons. The van der Waals surface area contributed by atoms with Gasteiger partial charge in [-0.2, -0.15) is 0 Å². The van der Waals surface area contributed by atoms with Crippen LogP contribution in [-0.4, -0.2) is 30.9 Å². The summed E-state index contributed by atoms with van der Waals surface area (Å²) in [5, 5.41) is 9.47. The standard InChI is InChI=1S/C18H24N2O2.C9H11N.C6H6.C2H6/c1-2-19-18(22)15-12-8-10-13(11-9-12)16(15)20-17(21)14-6-4-3-5-7-14;1-2-6-9-8(4-1)5-3-7-10-9;1-2-4-6-5-3-1;1-2/h3-7,12-13,15-16H,2,8-11H2,1H3,(H,19,22)(H,20,21);1-2,4,6,10H,3,5,7H2;1-6H;1-2H3/t12?,13?,15-,16+;;;/m1.../s1. The summed E-state index contributed by atoms with van der Waals surface area (Å²) < 4.78 is 0. The Morgan fingerprint density at radius 3 is 1.93 bits per heavy atom. The van der Waals surface area contributed by atoms with E-state index in [0.29, 0.717) is 23.9 Å². The Balaban J connectivity index is 0.000000200. The van der Waals surface area contributed by atoms with Crippen molar-refractivity contribution in [2.45, 2.75) is 65.3 Å². The van der Waals surface area contributed by atoms with E-state index in [-0.39, 0.29) is 23.8 Å². The van der Waals surface area contributed by atoms with Crippen molar-refractivity contribution in [1.82, 2.24) is 10.6 Å². The van der Waals surface area contributed by atoms with Crippen LogP contribution in [0.2, 0.25) is 0 Å². The average molecular weight is 542 g/mol. The summed E-state index contributed by atoms with van der Waals surface area (Å²) in [7, 11) is 0. The molecule has 5 heteroatoms. The lowest BCUT2D eigenvalue weighted by atomic mass is 9.61. The molecule has 0 spiro atoms. The molecule has 2 atom stereocenters. The van der Waals surface area contributed by atoms with Gasteiger partial charge in [-0.3, -0.25) is 9.59 Å². The van der Waals surface area contributed by atoms with E-state index >= 15 is 0 Å². The maximum Gasteiger partial charge on any atom is 0.251 e. The van der Waals surface area contributed by atoms with Gasteiger partial charge in [-0.25, -0.2) is 0 Å². The Morgan fingerprint density at radius 2 is 1.32 bits per heavy atom. The van der Waals surface area contributed by atoms with Gasteiger partial charge in [-0.05, 0) is 81.0 Å². The van der Waals surface area contributed by atoms with Gasteiger partial charge in [-0.15, -0.1) is 0 Å². The molecule has 2 amide bonds. The summed E-state index contributed by atoms with van der Waals surface area (Å²) in [4.78, 5) is 24.9.